The lowest BCUT2D eigenvalue weighted by molar-refractivity contribution is -0.0804. The average Bonchev–Trinajstić information content (AvgIpc) is 3.03. The van der Waals surface area contributed by atoms with Crippen LogP contribution in [0.25, 0.3) is 0 Å². The number of aliphatic hydroxyl groups is 1. The number of anilines is 1. The van der Waals surface area contributed by atoms with E-state index in [4.69, 9.17) is 5.73 Å². The summed E-state index contributed by atoms with van der Waals surface area (Å²) in [5, 5.41) is 11.9. The van der Waals surface area contributed by atoms with E-state index in [9.17, 15) is 9.90 Å². The smallest absolute Gasteiger partial charge is 0.258 e. The molecule has 0 spiro atoms. The van der Waals surface area contributed by atoms with E-state index < -0.39 is 5.72 Å². The Morgan fingerprint density at radius 1 is 0.879 bits per heavy atom. The molecule has 3 N–H and O–H groups in total. The number of nitrogens with zero attached hydrogens (tertiary/aromatic N) is 1. The third-order valence-corrected chi connectivity index (χ3v) is 6.86. The normalized spacial score (nSPS) is 17.4. The van der Waals surface area contributed by atoms with E-state index in [-0.39, 0.29) is 5.91 Å². The van der Waals surface area contributed by atoms with Gasteiger partial charge in [-0.15, -0.1) is 0 Å². The lowest BCUT2D eigenvalue weighted by atomic mass is 9.85. The van der Waals surface area contributed by atoms with Gasteiger partial charge in [0.25, 0.3) is 5.91 Å². The first kappa shape index (κ1) is 23.1. The molecular weight excluding hydrogens is 408 g/mol. The van der Waals surface area contributed by atoms with Crippen LogP contribution in [-0.2, 0) is 18.6 Å². The Morgan fingerprint density at radius 3 is 2.03 bits per heavy atom. The molecule has 1 heterocycles. The summed E-state index contributed by atoms with van der Waals surface area (Å²) in [5.41, 5.74) is 11.2. The van der Waals surface area contributed by atoms with Crippen LogP contribution in [0.4, 0.5) is 5.69 Å². The summed E-state index contributed by atoms with van der Waals surface area (Å²) >= 11 is 0. The lowest BCUT2D eigenvalue weighted by Crippen LogP contribution is -2.41. The fourth-order valence-electron chi connectivity index (χ4n) is 5.01. The molecule has 3 aromatic rings. The lowest BCUT2D eigenvalue weighted by Gasteiger charge is -2.33. The van der Waals surface area contributed by atoms with Crippen molar-refractivity contribution in [3.63, 3.8) is 0 Å². The SMILES string of the molecule is CCCCCCC1(O)c2c(Cc3ccccc3)cc(Cc3ccccc3)c(N)c2C(=O)N1C. The second-order valence-electron chi connectivity index (χ2n) is 9.17. The van der Waals surface area contributed by atoms with Crippen molar-refractivity contribution in [3.05, 3.63) is 100 Å². The summed E-state index contributed by atoms with van der Waals surface area (Å²) in [4.78, 5) is 14.9. The van der Waals surface area contributed by atoms with Gasteiger partial charge in [0.05, 0.1) is 5.56 Å². The van der Waals surface area contributed by atoms with Crippen molar-refractivity contribution in [1.82, 2.24) is 4.90 Å². The van der Waals surface area contributed by atoms with Gasteiger partial charge in [-0.05, 0) is 47.9 Å². The second kappa shape index (κ2) is 9.80. The summed E-state index contributed by atoms with van der Waals surface area (Å²) in [6.45, 7) is 2.17. The first-order valence-electron chi connectivity index (χ1n) is 12.0. The third kappa shape index (κ3) is 4.53. The van der Waals surface area contributed by atoms with Crippen LogP contribution in [0, 0.1) is 0 Å². The van der Waals surface area contributed by atoms with Crippen molar-refractivity contribution in [2.75, 3.05) is 12.8 Å². The maximum atomic E-state index is 13.4. The third-order valence-electron chi connectivity index (χ3n) is 6.86. The first-order chi connectivity index (χ1) is 16.0. The maximum absolute atomic E-state index is 13.4. The zero-order valence-corrected chi connectivity index (χ0v) is 19.7. The van der Waals surface area contributed by atoms with E-state index in [2.05, 4.69) is 37.3 Å². The summed E-state index contributed by atoms with van der Waals surface area (Å²) in [7, 11) is 1.70. The Balaban J connectivity index is 1.82. The van der Waals surface area contributed by atoms with Crippen LogP contribution in [0.1, 0.15) is 77.2 Å². The highest BCUT2D eigenvalue weighted by Crippen LogP contribution is 2.46. The molecule has 4 heteroatoms. The van der Waals surface area contributed by atoms with Crippen LogP contribution < -0.4 is 5.73 Å². The fourth-order valence-corrected chi connectivity index (χ4v) is 5.01. The molecule has 1 aliphatic heterocycles. The van der Waals surface area contributed by atoms with Crippen LogP contribution in [0.2, 0.25) is 0 Å². The van der Waals surface area contributed by atoms with Crippen molar-refractivity contribution in [2.45, 2.75) is 57.6 Å². The topological polar surface area (TPSA) is 66.6 Å². The quantitative estimate of drug-likeness (QED) is 0.332. The molecule has 33 heavy (non-hydrogen) atoms. The highest BCUT2D eigenvalue weighted by Gasteiger charge is 2.49. The Labute approximate surface area is 197 Å². The van der Waals surface area contributed by atoms with Crippen LogP contribution >= 0.6 is 0 Å². The molecule has 172 valence electrons. The van der Waals surface area contributed by atoms with Crippen molar-refractivity contribution in [3.8, 4) is 0 Å². The number of hydrogen-bond donors (Lipinski definition) is 2. The Kier molecular flexibility index (Phi) is 6.85. The highest BCUT2D eigenvalue weighted by molar-refractivity contribution is 6.05. The minimum atomic E-state index is -1.33. The molecule has 0 aromatic heterocycles. The standard InChI is InChI=1S/C29H34N2O2/c1-3-4-5-12-17-29(33)26-23(18-21-13-8-6-9-14-21)20-24(19-22-15-10-7-11-16-22)27(30)25(26)28(32)31(29)2/h6-11,13-16,20,33H,3-5,12,17-19,30H2,1-2H3. The summed E-state index contributed by atoms with van der Waals surface area (Å²) < 4.78 is 0. The molecule has 0 radical (unpaired) electrons. The van der Waals surface area contributed by atoms with E-state index >= 15 is 0 Å². The monoisotopic (exact) mass is 442 g/mol. The van der Waals surface area contributed by atoms with Crippen LogP contribution in [0.3, 0.4) is 0 Å². The van der Waals surface area contributed by atoms with E-state index in [1.807, 2.05) is 36.4 Å². The molecule has 0 aliphatic carbocycles. The molecule has 4 rings (SSSR count). The number of benzene rings is 3. The maximum Gasteiger partial charge on any atom is 0.258 e. The minimum absolute atomic E-state index is 0.190. The Morgan fingerprint density at radius 2 is 1.45 bits per heavy atom. The number of rotatable bonds is 9. The predicted molar refractivity (Wildman–Crippen MR) is 134 cm³/mol. The number of nitrogens with two attached hydrogens (primary N) is 1. The molecule has 0 saturated heterocycles. The number of nitrogen functional groups attached to an aromatic ring is 1. The van der Waals surface area contributed by atoms with Crippen molar-refractivity contribution >= 4 is 11.6 Å². The van der Waals surface area contributed by atoms with E-state index in [1.165, 1.54) is 4.90 Å². The molecule has 1 amide bonds. The molecule has 0 bridgehead atoms. The molecular formula is C29H34N2O2. The highest BCUT2D eigenvalue weighted by atomic mass is 16.3. The van der Waals surface area contributed by atoms with E-state index in [1.54, 1.807) is 7.05 Å². The van der Waals surface area contributed by atoms with Crippen molar-refractivity contribution in [1.29, 1.82) is 0 Å². The Bertz CT molecular complexity index is 1110. The summed E-state index contributed by atoms with van der Waals surface area (Å²) in [5.74, 6) is -0.190. The molecule has 1 atom stereocenters. The average molecular weight is 443 g/mol. The van der Waals surface area contributed by atoms with Gasteiger partial charge in [0.15, 0.2) is 5.72 Å². The Hall–Kier alpha value is -3.11. The number of fused-ring (bicyclic) bond motifs is 1. The molecule has 4 nitrogen and oxygen atoms in total. The number of unbranched alkanes of at least 4 members (excludes halogenated alkanes) is 3. The van der Waals surface area contributed by atoms with Crippen LogP contribution in [-0.4, -0.2) is 23.0 Å². The van der Waals surface area contributed by atoms with Gasteiger partial charge in [-0.25, -0.2) is 0 Å². The zero-order valence-electron chi connectivity index (χ0n) is 19.7. The number of hydrogen-bond acceptors (Lipinski definition) is 3. The zero-order chi connectivity index (χ0) is 23.4. The predicted octanol–water partition coefficient (Wildman–Crippen LogP) is 5.65. The molecule has 1 unspecified atom stereocenters. The minimum Gasteiger partial charge on any atom is -0.398 e. The first-order valence-corrected chi connectivity index (χ1v) is 12.0. The van der Waals surface area contributed by atoms with Gasteiger partial charge in [0.2, 0.25) is 0 Å². The molecule has 0 saturated carbocycles. The van der Waals surface area contributed by atoms with Crippen LogP contribution in [0.5, 0.6) is 0 Å². The van der Waals surface area contributed by atoms with Gasteiger partial charge in [0, 0.05) is 18.3 Å². The van der Waals surface area contributed by atoms with Gasteiger partial charge in [0.1, 0.15) is 0 Å². The molecule has 1 aliphatic rings. The van der Waals surface area contributed by atoms with Gasteiger partial charge in [-0.3, -0.25) is 4.79 Å². The van der Waals surface area contributed by atoms with Gasteiger partial charge in [-0.1, -0.05) is 92.9 Å². The largest absolute Gasteiger partial charge is 0.398 e. The van der Waals surface area contributed by atoms with Crippen molar-refractivity contribution in [2.24, 2.45) is 0 Å². The van der Waals surface area contributed by atoms with Gasteiger partial charge in [-0.2, -0.15) is 0 Å². The van der Waals surface area contributed by atoms with Crippen LogP contribution in [0.15, 0.2) is 66.7 Å². The number of amides is 1. The van der Waals surface area contributed by atoms with Gasteiger partial charge < -0.3 is 15.7 Å². The number of carbonyl (C=O) groups excluding carboxylic acids is 1. The van der Waals surface area contributed by atoms with Crippen molar-refractivity contribution < 1.29 is 9.90 Å². The van der Waals surface area contributed by atoms with E-state index in [0.29, 0.717) is 36.1 Å². The molecule has 0 fully saturated rings. The van der Waals surface area contributed by atoms with Gasteiger partial charge >= 0.3 is 0 Å². The number of carbonyl (C=O) groups is 1. The summed E-state index contributed by atoms with van der Waals surface area (Å²) in [6.07, 6.45) is 5.94. The second-order valence-corrected chi connectivity index (χ2v) is 9.17. The summed E-state index contributed by atoms with van der Waals surface area (Å²) in [6, 6.07) is 22.5. The molecule has 3 aromatic carbocycles. The van der Waals surface area contributed by atoms with E-state index in [0.717, 1.165) is 47.9 Å². The fraction of sp³-hybridized carbons (Fsp3) is 0.345.